The predicted octanol–water partition coefficient (Wildman–Crippen LogP) is 2.16. The lowest BCUT2D eigenvalue weighted by atomic mass is 10.1. The van der Waals surface area contributed by atoms with E-state index in [9.17, 15) is 9.50 Å². The van der Waals surface area contributed by atoms with Crippen molar-refractivity contribution in [3.05, 3.63) is 41.8 Å². The highest BCUT2D eigenvalue weighted by molar-refractivity contribution is 5.58. The summed E-state index contributed by atoms with van der Waals surface area (Å²) in [6.07, 6.45) is 2.11. The normalized spacial score (nSPS) is 18.6. The van der Waals surface area contributed by atoms with Gasteiger partial charge in [0.25, 0.3) is 0 Å². The van der Waals surface area contributed by atoms with Crippen LogP contribution in [0.2, 0.25) is 0 Å². The maximum Gasteiger partial charge on any atom is 0.161 e. The molecule has 2 heterocycles. The van der Waals surface area contributed by atoms with Crippen molar-refractivity contribution in [1.29, 1.82) is 0 Å². The van der Waals surface area contributed by atoms with Gasteiger partial charge in [-0.05, 0) is 31.0 Å². The van der Waals surface area contributed by atoms with Crippen LogP contribution in [0.15, 0.2) is 30.5 Å². The molecule has 0 bridgehead atoms. The van der Waals surface area contributed by atoms with Gasteiger partial charge in [-0.3, -0.25) is 0 Å². The minimum Gasteiger partial charge on any atom is -0.391 e. The second kappa shape index (κ2) is 5.17. The van der Waals surface area contributed by atoms with Gasteiger partial charge in [0, 0.05) is 24.8 Å². The summed E-state index contributed by atoms with van der Waals surface area (Å²) in [4.78, 5) is 10.7. The molecule has 0 spiro atoms. The minimum absolute atomic E-state index is 0.256. The first-order valence-corrected chi connectivity index (χ1v) is 6.66. The van der Waals surface area contributed by atoms with Crippen LogP contribution in [-0.2, 0) is 0 Å². The van der Waals surface area contributed by atoms with Gasteiger partial charge in [0.05, 0.1) is 6.10 Å². The number of aryl methyl sites for hydroxylation is 1. The van der Waals surface area contributed by atoms with Gasteiger partial charge in [-0.1, -0.05) is 12.1 Å². The number of aliphatic hydroxyl groups excluding tert-OH is 1. The summed E-state index contributed by atoms with van der Waals surface area (Å²) in [6, 6.07) is 6.80. The highest BCUT2D eigenvalue weighted by atomic mass is 19.1. The predicted molar refractivity (Wildman–Crippen MR) is 75.0 cm³/mol. The molecule has 2 aromatic rings. The molecule has 0 saturated carbocycles. The maximum absolute atomic E-state index is 13.6. The minimum atomic E-state index is -0.301. The van der Waals surface area contributed by atoms with E-state index in [1.165, 1.54) is 6.07 Å². The van der Waals surface area contributed by atoms with Crippen LogP contribution in [0.25, 0.3) is 11.4 Å². The summed E-state index contributed by atoms with van der Waals surface area (Å²) in [5.74, 6) is 1.02. The number of halogens is 1. The Bertz CT molecular complexity index is 632. The molecule has 1 fully saturated rings. The average Bonchev–Trinajstić information content (AvgIpc) is 2.89. The summed E-state index contributed by atoms with van der Waals surface area (Å²) in [5.41, 5.74) is 1.27. The SMILES string of the molecule is Cc1ccc(-c2nccc(N3CCC(O)C3)n2)cc1F. The number of rotatable bonds is 2. The number of hydrogen-bond acceptors (Lipinski definition) is 4. The molecule has 1 N–H and O–H groups in total. The number of β-amino-alcohol motifs (C(OH)–C–C–N with tert-alkyl or cyclic N) is 1. The largest absolute Gasteiger partial charge is 0.391 e. The Morgan fingerprint density at radius 1 is 1.35 bits per heavy atom. The van der Waals surface area contributed by atoms with Crippen molar-refractivity contribution >= 4 is 5.82 Å². The first kappa shape index (κ1) is 13.0. The molecule has 4 nitrogen and oxygen atoms in total. The summed E-state index contributed by atoms with van der Waals surface area (Å²) in [5, 5.41) is 9.58. The highest BCUT2D eigenvalue weighted by Gasteiger charge is 2.21. The van der Waals surface area contributed by atoms with Gasteiger partial charge in [-0.25, -0.2) is 14.4 Å². The first-order chi connectivity index (χ1) is 9.63. The van der Waals surface area contributed by atoms with E-state index in [-0.39, 0.29) is 11.9 Å². The third-order valence-corrected chi connectivity index (χ3v) is 3.56. The van der Waals surface area contributed by atoms with Crippen LogP contribution in [0.3, 0.4) is 0 Å². The number of benzene rings is 1. The van der Waals surface area contributed by atoms with E-state index in [1.807, 2.05) is 17.0 Å². The Kier molecular flexibility index (Phi) is 3.36. The zero-order chi connectivity index (χ0) is 14.1. The van der Waals surface area contributed by atoms with Crippen LogP contribution >= 0.6 is 0 Å². The molecule has 1 aliphatic heterocycles. The fourth-order valence-electron chi connectivity index (χ4n) is 2.35. The molecule has 20 heavy (non-hydrogen) atoms. The van der Waals surface area contributed by atoms with E-state index >= 15 is 0 Å². The Balaban J connectivity index is 1.92. The van der Waals surface area contributed by atoms with Crippen molar-refractivity contribution in [3.8, 4) is 11.4 Å². The number of anilines is 1. The van der Waals surface area contributed by atoms with Gasteiger partial charge in [-0.15, -0.1) is 0 Å². The van der Waals surface area contributed by atoms with Crippen LogP contribution in [0.4, 0.5) is 10.2 Å². The van der Waals surface area contributed by atoms with Crippen LogP contribution < -0.4 is 4.90 Å². The Morgan fingerprint density at radius 3 is 2.90 bits per heavy atom. The summed E-state index contributed by atoms with van der Waals surface area (Å²) < 4.78 is 13.6. The second-order valence-corrected chi connectivity index (χ2v) is 5.09. The smallest absolute Gasteiger partial charge is 0.161 e. The van der Waals surface area contributed by atoms with E-state index in [1.54, 1.807) is 19.2 Å². The molecule has 3 rings (SSSR count). The van der Waals surface area contributed by atoms with Crippen LogP contribution in [0, 0.1) is 12.7 Å². The van der Waals surface area contributed by atoms with Crippen molar-refractivity contribution in [2.45, 2.75) is 19.4 Å². The lowest BCUT2D eigenvalue weighted by Crippen LogP contribution is -2.22. The third-order valence-electron chi connectivity index (χ3n) is 3.56. The maximum atomic E-state index is 13.6. The van der Waals surface area contributed by atoms with Crippen LogP contribution in [0.1, 0.15) is 12.0 Å². The van der Waals surface area contributed by atoms with E-state index in [0.717, 1.165) is 18.8 Å². The molecule has 0 radical (unpaired) electrons. The fraction of sp³-hybridized carbons (Fsp3) is 0.333. The number of hydrogen-bond donors (Lipinski definition) is 1. The Labute approximate surface area is 116 Å². The molecule has 104 valence electrons. The molecule has 5 heteroatoms. The second-order valence-electron chi connectivity index (χ2n) is 5.09. The highest BCUT2D eigenvalue weighted by Crippen LogP contribution is 2.22. The number of aliphatic hydroxyl groups is 1. The molecule has 1 atom stereocenters. The molecular weight excluding hydrogens is 257 g/mol. The van der Waals surface area contributed by atoms with Crippen LogP contribution in [0.5, 0.6) is 0 Å². The van der Waals surface area contributed by atoms with Crippen molar-refractivity contribution in [1.82, 2.24) is 9.97 Å². The molecule has 1 aliphatic rings. The molecule has 1 unspecified atom stereocenters. The van der Waals surface area contributed by atoms with Gasteiger partial charge >= 0.3 is 0 Å². The molecule has 0 aliphatic carbocycles. The van der Waals surface area contributed by atoms with Gasteiger partial charge in [0.2, 0.25) is 0 Å². The van der Waals surface area contributed by atoms with Crippen LogP contribution in [-0.4, -0.2) is 34.3 Å². The lowest BCUT2D eigenvalue weighted by molar-refractivity contribution is 0.198. The van der Waals surface area contributed by atoms with E-state index in [0.29, 0.717) is 23.5 Å². The molecular formula is C15H16FN3O. The topological polar surface area (TPSA) is 49.2 Å². The molecule has 0 amide bonds. The zero-order valence-electron chi connectivity index (χ0n) is 11.3. The lowest BCUT2D eigenvalue weighted by Gasteiger charge is -2.16. The first-order valence-electron chi connectivity index (χ1n) is 6.66. The third kappa shape index (κ3) is 2.49. The van der Waals surface area contributed by atoms with Crippen molar-refractivity contribution in [2.24, 2.45) is 0 Å². The molecule has 1 saturated heterocycles. The van der Waals surface area contributed by atoms with Gasteiger partial charge in [0.15, 0.2) is 5.82 Å². The van der Waals surface area contributed by atoms with Gasteiger partial charge in [0.1, 0.15) is 11.6 Å². The van der Waals surface area contributed by atoms with E-state index in [4.69, 9.17) is 0 Å². The molecule has 1 aromatic carbocycles. The van der Waals surface area contributed by atoms with Gasteiger partial charge < -0.3 is 10.0 Å². The van der Waals surface area contributed by atoms with Crippen molar-refractivity contribution < 1.29 is 9.50 Å². The summed E-state index contributed by atoms with van der Waals surface area (Å²) >= 11 is 0. The summed E-state index contributed by atoms with van der Waals surface area (Å²) in [7, 11) is 0. The average molecular weight is 273 g/mol. The van der Waals surface area contributed by atoms with Crippen molar-refractivity contribution in [2.75, 3.05) is 18.0 Å². The zero-order valence-corrected chi connectivity index (χ0v) is 11.3. The Hall–Kier alpha value is -2.01. The number of aromatic nitrogens is 2. The van der Waals surface area contributed by atoms with Crippen molar-refractivity contribution in [3.63, 3.8) is 0 Å². The monoisotopic (exact) mass is 273 g/mol. The number of nitrogens with zero attached hydrogens (tertiary/aromatic N) is 3. The Morgan fingerprint density at radius 2 is 2.20 bits per heavy atom. The van der Waals surface area contributed by atoms with E-state index < -0.39 is 0 Å². The molecule has 1 aromatic heterocycles. The summed E-state index contributed by atoms with van der Waals surface area (Å²) in [6.45, 7) is 3.08. The van der Waals surface area contributed by atoms with Gasteiger partial charge in [-0.2, -0.15) is 0 Å². The fourth-order valence-corrected chi connectivity index (χ4v) is 2.35. The van der Waals surface area contributed by atoms with E-state index in [2.05, 4.69) is 9.97 Å². The quantitative estimate of drug-likeness (QED) is 0.911. The standard InChI is InChI=1S/C15H16FN3O/c1-10-2-3-11(8-13(10)16)15-17-6-4-14(18-15)19-7-5-12(20)9-19/h2-4,6,8,12,20H,5,7,9H2,1H3.